The number of ether oxygens (including phenoxy) is 3. The van der Waals surface area contributed by atoms with Gasteiger partial charge in [-0.1, -0.05) is 58.0 Å². The molecule has 2 atom stereocenters. The average Bonchev–Trinajstić information content (AvgIpc) is 3.75. The predicted octanol–water partition coefficient (Wildman–Crippen LogP) is 9.94. The largest absolute Gasteiger partial charge is 0.493 e. The number of carbonyl (C=O) groups excluding carboxylic acids is 3. The number of nitrogens with zero attached hydrogens (tertiary/aromatic N) is 4. The molecule has 1 N–H and O–H groups in total. The van der Waals surface area contributed by atoms with Crippen LogP contribution in [0, 0.1) is 0 Å². The fourth-order valence-electron chi connectivity index (χ4n) is 8.40. The molecule has 0 saturated heterocycles. The molecule has 5 aromatic carbocycles. The Morgan fingerprint density at radius 1 is 0.754 bits per heavy atom. The normalized spacial score (nSPS) is 17.0. The maximum atomic E-state index is 14.0. The summed E-state index contributed by atoms with van der Waals surface area (Å²) in [5.74, 6) is 1.07. The average molecular weight is 852 g/mol. The molecule has 4 aliphatic heterocycles. The van der Waals surface area contributed by atoms with Gasteiger partial charge in [0.15, 0.2) is 11.5 Å². The van der Waals surface area contributed by atoms with E-state index in [1.165, 1.54) is 0 Å². The van der Waals surface area contributed by atoms with Crippen molar-refractivity contribution in [2.75, 3.05) is 28.5 Å². The van der Waals surface area contributed by atoms with Gasteiger partial charge < -0.3 is 19.5 Å². The van der Waals surface area contributed by atoms with Crippen LogP contribution in [-0.2, 0) is 30.8 Å². The molecule has 0 unspecified atom stereocenters. The third-order valence-corrected chi connectivity index (χ3v) is 14.0. The monoisotopic (exact) mass is 851 g/mol. The molecule has 5 aromatic rings. The molecule has 4 aliphatic rings. The number of rotatable bonds is 13. The second-order valence-corrected chi connectivity index (χ2v) is 19.2. The third kappa shape index (κ3) is 8.24. The molecule has 13 heteroatoms. The molecule has 0 bridgehead atoms. The molecule has 4 heterocycles. The number of hydrogen-bond acceptors (Lipinski definition) is 10. The third-order valence-electron chi connectivity index (χ3n) is 11.3. The van der Waals surface area contributed by atoms with E-state index in [0.29, 0.717) is 64.7 Å². The van der Waals surface area contributed by atoms with Crippen LogP contribution in [0.4, 0.5) is 28.4 Å². The van der Waals surface area contributed by atoms with Gasteiger partial charge in [0.25, 0.3) is 11.8 Å². The van der Waals surface area contributed by atoms with E-state index in [1.807, 2.05) is 84.2 Å². The number of aliphatic imine (C=N–C) groups is 2. The van der Waals surface area contributed by atoms with Crippen LogP contribution in [-0.4, -0.2) is 60.3 Å². The lowest BCUT2D eigenvalue weighted by Crippen LogP contribution is -2.37. The molecule has 310 valence electrons. The highest BCUT2D eigenvalue weighted by molar-refractivity contribution is 8.76. The summed E-state index contributed by atoms with van der Waals surface area (Å²) in [6.45, 7) is 4.58. The van der Waals surface area contributed by atoms with Crippen LogP contribution in [0.5, 0.6) is 17.2 Å². The van der Waals surface area contributed by atoms with Crippen molar-refractivity contribution in [1.29, 1.82) is 0 Å². The van der Waals surface area contributed by atoms with Gasteiger partial charge in [0.05, 0.1) is 41.7 Å². The number of methoxy groups -OCH3 is 1. The highest BCUT2D eigenvalue weighted by Crippen LogP contribution is 2.42. The lowest BCUT2D eigenvalue weighted by atomic mass is 10.1. The molecule has 11 nitrogen and oxygen atoms in total. The molecule has 0 aliphatic carbocycles. The summed E-state index contributed by atoms with van der Waals surface area (Å²) in [6.07, 6.45) is 8.21. The summed E-state index contributed by atoms with van der Waals surface area (Å²) in [6, 6.07) is 30.1. The first-order valence-electron chi connectivity index (χ1n) is 20.2. The zero-order valence-corrected chi connectivity index (χ0v) is 36.0. The summed E-state index contributed by atoms with van der Waals surface area (Å²) in [4.78, 5) is 54.2. The Balaban J connectivity index is 0.948. The molecular formula is C48H45N5O6S2. The first kappa shape index (κ1) is 40.4. The Hall–Kier alpha value is -6.05. The van der Waals surface area contributed by atoms with Crippen molar-refractivity contribution < 1.29 is 28.6 Å². The maximum absolute atomic E-state index is 14.0. The van der Waals surface area contributed by atoms with Gasteiger partial charge in [-0.3, -0.25) is 34.2 Å². The molecule has 3 amide bonds. The summed E-state index contributed by atoms with van der Waals surface area (Å²) < 4.78 is 18.4. The van der Waals surface area contributed by atoms with E-state index < -0.39 is 0 Å². The van der Waals surface area contributed by atoms with Gasteiger partial charge in [0.2, 0.25) is 5.91 Å². The Kier molecular flexibility index (Phi) is 11.1. The van der Waals surface area contributed by atoms with Crippen molar-refractivity contribution in [2.24, 2.45) is 9.98 Å². The highest BCUT2D eigenvalue weighted by Gasteiger charge is 2.37. The van der Waals surface area contributed by atoms with E-state index in [4.69, 9.17) is 24.2 Å². The van der Waals surface area contributed by atoms with Gasteiger partial charge in [0, 0.05) is 65.6 Å². The van der Waals surface area contributed by atoms with E-state index in [-0.39, 0.29) is 47.8 Å². The minimum atomic E-state index is -0.182. The minimum Gasteiger partial charge on any atom is -0.493 e. The Bertz CT molecular complexity index is 2630. The number of para-hydroxylation sites is 2. The number of nitrogens with one attached hydrogen (secondary N) is 1. The Labute approximate surface area is 363 Å². The fraction of sp³-hybridized carbons (Fsp3) is 0.271. The number of carbonyl (C=O) groups is 3. The summed E-state index contributed by atoms with van der Waals surface area (Å²) in [5.41, 5.74) is 8.25. The molecule has 0 saturated carbocycles. The van der Waals surface area contributed by atoms with Crippen LogP contribution in [0.3, 0.4) is 0 Å². The van der Waals surface area contributed by atoms with Crippen LogP contribution in [0.1, 0.15) is 69.7 Å². The van der Waals surface area contributed by atoms with Crippen LogP contribution in [0.25, 0.3) is 0 Å². The smallest absolute Gasteiger partial charge is 0.261 e. The number of anilines is 3. The Morgan fingerprint density at radius 2 is 1.36 bits per heavy atom. The zero-order chi connectivity index (χ0) is 42.3. The van der Waals surface area contributed by atoms with Gasteiger partial charge >= 0.3 is 0 Å². The van der Waals surface area contributed by atoms with Crippen molar-refractivity contribution in [2.45, 2.75) is 69.6 Å². The maximum Gasteiger partial charge on any atom is 0.261 e. The van der Waals surface area contributed by atoms with Crippen molar-refractivity contribution >= 4 is 80.2 Å². The summed E-state index contributed by atoms with van der Waals surface area (Å²) >= 11 is 0. The van der Waals surface area contributed by atoms with Gasteiger partial charge in [-0.05, 0) is 97.3 Å². The number of fused-ring (bicyclic) bond motifs is 8. The van der Waals surface area contributed by atoms with Crippen LogP contribution < -0.4 is 29.3 Å². The van der Waals surface area contributed by atoms with Gasteiger partial charge in [0.1, 0.15) is 19.0 Å². The molecule has 61 heavy (non-hydrogen) atoms. The minimum absolute atomic E-state index is 0.0586. The van der Waals surface area contributed by atoms with Crippen LogP contribution in [0.2, 0.25) is 0 Å². The van der Waals surface area contributed by atoms with Gasteiger partial charge in [-0.15, -0.1) is 0 Å². The predicted molar refractivity (Wildman–Crippen MR) is 245 cm³/mol. The number of amides is 3. The van der Waals surface area contributed by atoms with Crippen molar-refractivity contribution in [1.82, 2.24) is 0 Å². The van der Waals surface area contributed by atoms with Crippen molar-refractivity contribution in [3.63, 3.8) is 0 Å². The fourth-order valence-corrected chi connectivity index (χ4v) is 10.6. The SMILES string of the molecule is COc1cc2c(cc1OCc1cc(COc3ccc4c(c3)N=C[C@@H]3Cc5ccccc5N3C4=O)cc(NC(=O)CCC(C)(C)SSC)c1)N=C[C@@H]1Cc3ccccc3N1C2=O. The lowest BCUT2D eigenvalue weighted by molar-refractivity contribution is -0.116. The molecular weight excluding hydrogens is 807 g/mol. The highest BCUT2D eigenvalue weighted by atomic mass is 33.1. The van der Waals surface area contributed by atoms with Crippen LogP contribution in [0.15, 0.2) is 107 Å². The molecule has 0 fully saturated rings. The summed E-state index contributed by atoms with van der Waals surface area (Å²) in [7, 11) is 4.99. The second-order valence-electron chi connectivity index (χ2n) is 16.1. The molecule has 0 spiro atoms. The lowest BCUT2D eigenvalue weighted by Gasteiger charge is -2.22. The Morgan fingerprint density at radius 3 is 2.00 bits per heavy atom. The standard InChI is InChI=1S/C48H45N5O6S2/c1-48(2,61-60-4)16-15-45(54)51-33-18-29(27-58-36-13-14-37-39(22-36)49-25-34-20-31-9-5-7-11-41(31)52(34)46(37)55)17-30(19-33)28-59-44-24-40-38(23-43(44)57-3)47(56)53-35(26-50-40)21-32-10-6-8-12-42(32)53/h5-14,17-19,22-26,34-35H,15-16,20-21,27-28H2,1-4H3,(H,51,54)/t34-,35-/m0/s1. The number of hydrogen-bond donors (Lipinski definition) is 1. The zero-order valence-electron chi connectivity index (χ0n) is 34.3. The molecule has 9 rings (SSSR count). The topological polar surface area (TPSA) is 122 Å². The van der Waals surface area contributed by atoms with Crippen molar-refractivity contribution in [3.8, 4) is 17.2 Å². The van der Waals surface area contributed by atoms with E-state index in [2.05, 4.69) is 25.2 Å². The first-order valence-corrected chi connectivity index (χ1v) is 22.8. The first-order chi connectivity index (χ1) is 29.6. The van der Waals surface area contributed by atoms with E-state index in [9.17, 15) is 14.4 Å². The van der Waals surface area contributed by atoms with E-state index >= 15 is 0 Å². The van der Waals surface area contributed by atoms with E-state index in [1.54, 1.807) is 63.9 Å². The van der Waals surface area contributed by atoms with E-state index in [0.717, 1.165) is 40.0 Å². The second kappa shape index (κ2) is 16.8. The van der Waals surface area contributed by atoms with Crippen molar-refractivity contribution in [3.05, 3.63) is 130 Å². The molecule has 0 aromatic heterocycles. The quantitative estimate of drug-likeness (QED) is 0.116. The summed E-state index contributed by atoms with van der Waals surface area (Å²) in [5, 5.41) is 3.10. The van der Waals surface area contributed by atoms with Crippen LogP contribution >= 0.6 is 21.6 Å². The van der Waals surface area contributed by atoms with Gasteiger partial charge in [-0.2, -0.15) is 0 Å². The van der Waals surface area contributed by atoms with Gasteiger partial charge in [-0.25, -0.2) is 0 Å². The number of benzene rings is 5. The molecule has 0 radical (unpaired) electrons.